The highest BCUT2D eigenvalue weighted by Crippen LogP contribution is 2.41. The van der Waals surface area contributed by atoms with Crippen LogP contribution in [-0.4, -0.2) is 13.7 Å². The van der Waals surface area contributed by atoms with Gasteiger partial charge in [-0.25, -0.2) is 0 Å². The van der Waals surface area contributed by atoms with Crippen molar-refractivity contribution in [2.45, 2.75) is 0 Å². The van der Waals surface area contributed by atoms with Gasteiger partial charge in [-0.3, -0.25) is 0 Å². The molecule has 3 heteroatoms. The molecule has 0 amide bonds. The summed E-state index contributed by atoms with van der Waals surface area (Å²) in [5, 5.41) is 0.988. The zero-order chi connectivity index (χ0) is 45.7. The van der Waals surface area contributed by atoms with Crippen LogP contribution in [0.2, 0.25) is 0 Å². The number of fused-ring (bicyclic) bond motifs is 9. The van der Waals surface area contributed by atoms with Gasteiger partial charge in [0.25, 0.3) is 0 Å². The smallest absolute Gasteiger partial charge is 0.0645 e. The lowest BCUT2D eigenvalue weighted by atomic mass is 10.0. The van der Waals surface area contributed by atoms with Gasteiger partial charge >= 0.3 is 0 Å². The Hall–Kier alpha value is -6.84. The van der Waals surface area contributed by atoms with Crippen LogP contribution < -0.4 is 0 Å². The van der Waals surface area contributed by atoms with Crippen LogP contribution in [0.15, 0.2) is 188 Å². The summed E-state index contributed by atoms with van der Waals surface area (Å²) in [7, 11) is 0. The number of para-hydroxylation sites is 5. The lowest BCUT2D eigenvalue weighted by Gasteiger charge is -2.12. The molecule has 8 aromatic carbocycles. The molecule has 0 spiro atoms. The summed E-state index contributed by atoms with van der Waals surface area (Å²) in [5.74, 6) is 0. The van der Waals surface area contributed by atoms with Crippen LogP contribution in [0.4, 0.5) is 0 Å². The highest BCUT2D eigenvalue weighted by Gasteiger charge is 2.20. The molecule has 3 nitrogen and oxygen atoms in total. The average molecular weight is 664 g/mol. The van der Waals surface area contributed by atoms with Crippen molar-refractivity contribution in [3.8, 4) is 28.2 Å². The number of nitrogens with zero attached hydrogens (tertiary/aromatic N) is 3. The third-order valence-electron chi connectivity index (χ3n) is 9.51. The molecule has 3 heterocycles. The minimum absolute atomic E-state index is 0.0357. The van der Waals surface area contributed by atoms with Gasteiger partial charge in [-0.2, -0.15) is 0 Å². The van der Waals surface area contributed by atoms with Crippen molar-refractivity contribution in [1.29, 1.82) is 0 Å². The van der Waals surface area contributed by atoms with Gasteiger partial charge in [-0.05, 0) is 89.8 Å². The van der Waals surface area contributed by atoms with E-state index in [2.05, 4.69) is 4.57 Å². The van der Waals surface area contributed by atoms with Crippen molar-refractivity contribution in [3.05, 3.63) is 188 Å². The van der Waals surface area contributed by atoms with E-state index in [1.54, 1.807) is 42.5 Å². The first-order valence-electron chi connectivity index (χ1n) is 23.4. The molecular weight excluding hydrogens is 619 g/mol. The summed E-state index contributed by atoms with van der Waals surface area (Å²) in [6, 6.07) is 23.9. The van der Waals surface area contributed by atoms with Crippen molar-refractivity contribution in [1.82, 2.24) is 13.7 Å². The van der Waals surface area contributed by atoms with E-state index in [4.69, 9.17) is 8.22 Å². The predicted octanol–water partition coefficient (Wildman–Crippen LogP) is 12.6. The summed E-state index contributed by atoms with van der Waals surface area (Å²) in [5.41, 5.74) is 2.21. The predicted molar refractivity (Wildman–Crippen MR) is 215 cm³/mol. The molecule has 0 radical (unpaired) electrons. The van der Waals surface area contributed by atoms with Crippen LogP contribution in [0, 0.1) is 0 Å². The quantitative estimate of drug-likeness (QED) is 0.178. The Morgan fingerprint density at radius 3 is 1.47 bits per heavy atom. The molecule has 0 bridgehead atoms. The second kappa shape index (κ2) is 10.8. The second-order valence-corrected chi connectivity index (χ2v) is 12.3. The van der Waals surface area contributed by atoms with E-state index in [0.717, 1.165) is 22.1 Å². The first kappa shape index (κ1) is 17.7. The van der Waals surface area contributed by atoms with Crippen LogP contribution in [0.1, 0.15) is 19.2 Å². The molecule has 11 aromatic rings. The Morgan fingerprint density at radius 2 is 0.824 bits per heavy atom. The monoisotopic (exact) mass is 663 g/mol. The molecule has 0 atom stereocenters. The van der Waals surface area contributed by atoms with E-state index >= 15 is 0 Å². The number of hydrogen-bond acceptors (Lipinski definition) is 0. The molecule has 11 rings (SSSR count). The van der Waals surface area contributed by atoms with Gasteiger partial charge in [0.1, 0.15) is 0 Å². The fourth-order valence-corrected chi connectivity index (χ4v) is 7.40. The molecule has 0 aliphatic carbocycles. The summed E-state index contributed by atoms with van der Waals surface area (Å²) in [6.07, 6.45) is 0. The van der Waals surface area contributed by atoms with E-state index in [9.17, 15) is 11.0 Å². The van der Waals surface area contributed by atoms with Crippen LogP contribution >= 0.6 is 0 Å². The first-order valence-corrected chi connectivity index (χ1v) is 16.4. The molecule has 51 heavy (non-hydrogen) atoms. The highest BCUT2D eigenvalue weighted by molar-refractivity contribution is 6.17. The van der Waals surface area contributed by atoms with Gasteiger partial charge in [0.2, 0.25) is 0 Å². The van der Waals surface area contributed by atoms with Crippen molar-refractivity contribution >= 4 is 65.4 Å². The van der Waals surface area contributed by atoms with E-state index in [1.807, 2.05) is 60.7 Å². The highest BCUT2D eigenvalue weighted by atomic mass is 15.0. The fourth-order valence-electron chi connectivity index (χ4n) is 7.40. The Kier molecular flexibility index (Phi) is 3.76. The molecular formula is C48H31N3. The molecule has 0 aliphatic rings. The first-order chi connectivity index (χ1) is 31.2. The molecule has 0 N–H and O–H groups in total. The lowest BCUT2D eigenvalue weighted by Crippen LogP contribution is -1.96. The van der Waals surface area contributed by atoms with Crippen molar-refractivity contribution < 1.29 is 19.2 Å². The SMILES string of the molecule is [2H]c1c([2H])c([2H])c2c(c1[2H])c1c([2H])c(-c3c([2H])c([2H])c4c(c3[2H])c3c([2H])c([2H])c([2H])c([2H])c3n4-c3cccc4c3c3ccccc3n4-c3ccccc3)c([2H])c([2H])c1n2-c1ccccc1. The standard InChI is InChI=1S/C48H31N3/c1-3-14-34(15-4-1)49-41-21-10-7-18-36(41)39-30-32(26-28-44(39)49)33-27-29-45-40(31-33)37-19-8-11-22-42(37)51(45)47-25-13-24-46-48(47)38-20-9-12-23-43(38)50(46)35-16-5-2-6-17-35/h1-31H/i7D,8D,10D,11D,18D,19D,21D,22D,26D,27D,28D,29D,30D,31D. The zero-order valence-electron chi connectivity index (χ0n) is 40.7. The second-order valence-electron chi connectivity index (χ2n) is 12.3. The summed E-state index contributed by atoms with van der Waals surface area (Å²) >= 11 is 0. The van der Waals surface area contributed by atoms with Gasteiger partial charge in [-0.15, -0.1) is 0 Å². The summed E-state index contributed by atoms with van der Waals surface area (Å²) < 4.78 is 135. The summed E-state index contributed by atoms with van der Waals surface area (Å²) in [4.78, 5) is 0. The van der Waals surface area contributed by atoms with Gasteiger partial charge in [0.05, 0.1) is 58.0 Å². The molecule has 0 fully saturated rings. The van der Waals surface area contributed by atoms with Gasteiger partial charge in [0, 0.05) is 43.7 Å². The normalized spacial score (nSPS) is 15.8. The Bertz CT molecular complexity index is 3930. The Morgan fingerprint density at radius 1 is 0.333 bits per heavy atom. The van der Waals surface area contributed by atoms with E-state index in [-0.39, 0.29) is 43.6 Å². The maximum atomic E-state index is 9.96. The van der Waals surface area contributed by atoms with Gasteiger partial charge < -0.3 is 13.7 Å². The van der Waals surface area contributed by atoms with Crippen molar-refractivity contribution in [2.75, 3.05) is 0 Å². The Balaban J connectivity index is 1.32. The maximum Gasteiger partial charge on any atom is 0.0645 e. The number of aromatic nitrogens is 3. The third-order valence-corrected chi connectivity index (χ3v) is 9.51. The summed E-state index contributed by atoms with van der Waals surface area (Å²) in [6.45, 7) is 0. The third kappa shape index (κ3) is 4.06. The molecule has 0 saturated carbocycles. The van der Waals surface area contributed by atoms with Crippen LogP contribution in [0.3, 0.4) is 0 Å². The molecule has 0 aliphatic heterocycles. The van der Waals surface area contributed by atoms with E-state index in [1.165, 1.54) is 9.13 Å². The van der Waals surface area contributed by atoms with Crippen molar-refractivity contribution in [3.63, 3.8) is 0 Å². The average Bonchev–Trinajstić information content (AvgIpc) is 3.99. The fraction of sp³-hybridized carbons (Fsp3) is 0. The topological polar surface area (TPSA) is 14.8 Å². The largest absolute Gasteiger partial charge is 0.309 e. The Labute approximate surface area is 314 Å². The van der Waals surface area contributed by atoms with Crippen LogP contribution in [-0.2, 0) is 0 Å². The lowest BCUT2D eigenvalue weighted by molar-refractivity contribution is 1.17. The molecule has 0 saturated heterocycles. The zero-order valence-corrected chi connectivity index (χ0v) is 26.7. The number of benzene rings is 8. The van der Waals surface area contributed by atoms with Crippen molar-refractivity contribution in [2.24, 2.45) is 0 Å². The molecule has 238 valence electrons. The minimum Gasteiger partial charge on any atom is -0.309 e. The number of rotatable bonds is 4. The minimum atomic E-state index is -0.616. The number of hydrogen-bond donors (Lipinski definition) is 0. The molecule has 0 unspecified atom stereocenters. The maximum absolute atomic E-state index is 9.96. The van der Waals surface area contributed by atoms with E-state index < -0.39 is 95.7 Å². The van der Waals surface area contributed by atoms with Crippen LogP contribution in [0.25, 0.3) is 93.6 Å². The van der Waals surface area contributed by atoms with Gasteiger partial charge in [0.15, 0.2) is 0 Å². The van der Waals surface area contributed by atoms with Crippen LogP contribution in [0.5, 0.6) is 0 Å². The molecule has 3 aromatic heterocycles. The van der Waals surface area contributed by atoms with E-state index in [0.29, 0.717) is 16.8 Å². The van der Waals surface area contributed by atoms with Gasteiger partial charge in [-0.1, -0.05) is 109 Å².